The van der Waals surface area contributed by atoms with Crippen LogP contribution in [0.4, 0.5) is 10.6 Å². The molecule has 2 amide bonds. The van der Waals surface area contributed by atoms with Crippen LogP contribution < -0.4 is 10.2 Å². The number of nitrogens with zero attached hydrogens (tertiary/aromatic N) is 4. The van der Waals surface area contributed by atoms with Crippen molar-refractivity contribution in [3.05, 3.63) is 23.0 Å². The van der Waals surface area contributed by atoms with Crippen LogP contribution >= 0.6 is 11.6 Å². The van der Waals surface area contributed by atoms with E-state index in [1.807, 2.05) is 0 Å². The molecule has 2 aromatic rings. The van der Waals surface area contributed by atoms with Crippen LogP contribution in [0.3, 0.4) is 0 Å². The monoisotopic (exact) mass is 395 g/mol. The van der Waals surface area contributed by atoms with Crippen molar-refractivity contribution in [2.45, 2.75) is 44.9 Å². The number of rotatable bonds is 4. The first-order valence-electron chi connectivity index (χ1n) is 8.45. The number of halogens is 1. The lowest BCUT2D eigenvalue weighted by Crippen LogP contribution is -2.35. The molecule has 1 fully saturated rings. The standard InChI is InChI=1S/C17H22ClN5O4/c1-17(2,3)27-16(25)22(4)13-7-12(18)21-14-9(8-19-23(13)14)15(24)20-10-6-11(10)26-5/h7-8,10-11H,6H2,1-5H3,(H,20,24)/t10-,11-/m1/s1. The fourth-order valence-electron chi connectivity index (χ4n) is 2.57. The number of nitrogens with one attached hydrogen (secondary N) is 1. The summed E-state index contributed by atoms with van der Waals surface area (Å²) in [6, 6.07) is 1.45. The van der Waals surface area contributed by atoms with Gasteiger partial charge in [-0.05, 0) is 27.2 Å². The zero-order chi connectivity index (χ0) is 19.9. The van der Waals surface area contributed by atoms with Crippen molar-refractivity contribution in [2.24, 2.45) is 0 Å². The number of amides is 2. The first-order chi connectivity index (χ1) is 12.6. The number of fused-ring (bicyclic) bond motifs is 1. The Bertz CT molecular complexity index is 891. The van der Waals surface area contributed by atoms with Crippen molar-refractivity contribution in [3.8, 4) is 0 Å². The highest BCUT2D eigenvalue weighted by atomic mass is 35.5. The van der Waals surface area contributed by atoms with Crippen LogP contribution in [0.15, 0.2) is 12.3 Å². The molecule has 0 saturated heterocycles. The molecule has 10 heteroatoms. The Kier molecular flexibility index (Phi) is 5.00. The number of anilines is 1. The topological polar surface area (TPSA) is 98.1 Å². The van der Waals surface area contributed by atoms with E-state index in [0.717, 1.165) is 6.42 Å². The molecule has 0 unspecified atom stereocenters. The summed E-state index contributed by atoms with van der Waals surface area (Å²) >= 11 is 6.12. The van der Waals surface area contributed by atoms with Crippen LogP contribution in [-0.4, -0.2) is 58.5 Å². The summed E-state index contributed by atoms with van der Waals surface area (Å²) in [5.74, 6) is 0.00896. The van der Waals surface area contributed by atoms with Gasteiger partial charge in [0.25, 0.3) is 5.91 Å². The van der Waals surface area contributed by atoms with Crippen molar-refractivity contribution in [1.29, 1.82) is 0 Å². The van der Waals surface area contributed by atoms with Crippen molar-refractivity contribution in [1.82, 2.24) is 19.9 Å². The molecular formula is C17H22ClN5O4. The molecular weight excluding hydrogens is 374 g/mol. The van der Waals surface area contributed by atoms with Gasteiger partial charge in [-0.3, -0.25) is 9.69 Å². The third-order valence-corrected chi connectivity index (χ3v) is 4.22. The van der Waals surface area contributed by atoms with E-state index in [2.05, 4.69) is 15.4 Å². The molecule has 0 aliphatic heterocycles. The van der Waals surface area contributed by atoms with Crippen LogP contribution in [0.5, 0.6) is 0 Å². The minimum atomic E-state index is -0.654. The van der Waals surface area contributed by atoms with Gasteiger partial charge in [0.15, 0.2) is 5.65 Å². The van der Waals surface area contributed by atoms with Crippen LogP contribution in [0.25, 0.3) is 5.65 Å². The zero-order valence-corrected chi connectivity index (χ0v) is 16.6. The average Bonchev–Trinajstić information content (AvgIpc) is 3.18. The van der Waals surface area contributed by atoms with Gasteiger partial charge < -0.3 is 14.8 Å². The van der Waals surface area contributed by atoms with E-state index in [1.165, 1.54) is 28.7 Å². The molecule has 2 aromatic heterocycles. The lowest BCUT2D eigenvalue weighted by Gasteiger charge is -2.24. The van der Waals surface area contributed by atoms with Crippen molar-refractivity contribution in [2.75, 3.05) is 19.1 Å². The second-order valence-corrected chi connectivity index (χ2v) is 7.75. The Labute approximate surface area is 161 Å². The van der Waals surface area contributed by atoms with Gasteiger partial charge in [0, 0.05) is 20.2 Å². The lowest BCUT2D eigenvalue weighted by molar-refractivity contribution is 0.0587. The molecule has 9 nitrogen and oxygen atoms in total. The first kappa shape index (κ1) is 19.4. The molecule has 146 valence electrons. The third kappa shape index (κ3) is 4.14. The van der Waals surface area contributed by atoms with Crippen LogP contribution in [0, 0.1) is 0 Å². The van der Waals surface area contributed by atoms with E-state index >= 15 is 0 Å². The number of carbonyl (C=O) groups is 2. The molecule has 0 aromatic carbocycles. The average molecular weight is 396 g/mol. The van der Waals surface area contributed by atoms with Crippen LogP contribution in [-0.2, 0) is 9.47 Å². The highest BCUT2D eigenvalue weighted by molar-refractivity contribution is 6.30. The number of hydrogen-bond donors (Lipinski definition) is 1. The van der Waals surface area contributed by atoms with Gasteiger partial charge in [0.05, 0.1) is 18.3 Å². The van der Waals surface area contributed by atoms with Gasteiger partial charge >= 0.3 is 6.09 Å². The summed E-state index contributed by atoms with van der Waals surface area (Å²) in [5, 5.41) is 7.20. The maximum atomic E-state index is 12.5. The lowest BCUT2D eigenvalue weighted by atomic mass is 10.2. The molecule has 2 atom stereocenters. The smallest absolute Gasteiger partial charge is 0.415 e. The summed E-state index contributed by atoms with van der Waals surface area (Å²) < 4.78 is 11.9. The quantitative estimate of drug-likeness (QED) is 0.797. The Balaban J connectivity index is 1.91. The second kappa shape index (κ2) is 6.97. The minimum Gasteiger partial charge on any atom is -0.443 e. The van der Waals surface area contributed by atoms with Crippen molar-refractivity contribution in [3.63, 3.8) is 0 Å². The van der Waals surface area contributed by atoms with Gasteiger partial charge in [0.2, 0.25) is 0 Å². The number of ether oxygens (including phenoxy) is 2. The molecule has 27 heavy (non-hydrogen) atoms. The first-order valence-corrected chi connectivity index (χ1v) is 8.83. The predicted octanol–water partition coefficient (Wildman–Crippen LogP) is 2.27. The van der Waals surface area contributed by atoms with E-state index in [1.54, 1.807) is 27.9 Å². The van der Waals surface area contributed by atoms with E-state index in [9.17, 15) is 9.59 Å². The van der Waals surface area contributed by atoms with Gasteiger partial charge in [-0.1, -0.05) is 11.6 Å². The fraction of sp³-hybridized carbons (Fsp3) is 0.529. The third-order valence-electron chi connectivity index (χ3n) is 4.03. The zero-order valence-electron chi connectivity index (χ0n) is 15.8. The predicted molar refractivity (Wildman–Crippen MR) is 99.3 cm³/mol. The molecule has 0 bridgehead atoms. The summed E-state index contributed by atoms with van der Waals surface area (Å²) in [6.07, 6.45) is 1.61. The summed E-state index contributed by atoms with van der Waals surface area (Å²) in [7, 11) is 3.14. The van der Waals surface area contributed by atoms with Gasteiger partial charge in [0.1, 0.15) is 22.1 Å². The fourth-order valence-corrected chi connectivity index (χ4v) is 2.75. The van der Waals surface area contributed by atoms with Crippen LogP contribution in [0.2, 0.25) is 5.15 Å². The van der Waals surface area contributed by atoms with Crippen molar-refractivity contribution < 1.29 is 19.1 Å². The number of carbonyl (C=O) groups excluding carboxylic acids is 2. The van der Waals surface area contributed by atoms with Gasteiger partial charge in [-0.2, -0.15) is 9.61 Å². The molecule has 1 saturated carbocycles. The molecule has 0 spiro atoms. The van der Waals surface area contributed by atoms with Crippen molar-refractivity contribution >= 4 is 35.1 Å². The highest BCUT2D eigenvalue weighted by Gasteiger charge is 2.39. The number of hydrogen-bond acceptors (Lipinski definition) is 6. The summed E-state index contributed by atoms with van der Waals surface area (Å²) in [6.45, 7) is 5.32. The van der Waals surface area contributed by atoms with Gasteiger partial charge in [-0.15, -0.1) is 0 Å². The molecule has 3 rings (SSSR count). The summed E-state index contributed by atoms with van der Waals surface area (Å²) in [5.41, 5.74) is -0.142. The maximum absolute atomic E-state index is 12.5. The second-order valence-electron chi connectivity index (χ2n) is 7.36. The molecule has 1 aliphatic rings. The van der Waals surface area contributed by atoms with E-state index in [4.69, 9.17) is 21.1 Å². The Morgan fingerprint density at radius 2 is 2.11 bits per heavy atom. The molecule has 1 N–H and O–H groups in total. The molecule has 0 radical (unpaired) electrons. The van der Waals surface area contributed by atoms with Crippen LogP contribution in [0.1, 0.15) is 37.6 Å². The largest absolute Gasteiger partial charge is 0.443 e. The number of aromatic nitrogens is 3. The Morgan fingerprint density at radius 1 is 1.41 bits per heavy atom. The Hall–Kier alpha value is -2.39. The van der Waals surface area contributed by atoms with E-state index in [0.29, 0.717) is 5.82 Å². The minimum absolute atomic E-state index is 0.0273. The van der Waals surface area contributed by atoms with E-state index < -0.39 is 11.7 Å². The SMILES string of the molecule is CO[C@@H]1C[C@H]1NC(=O)c1cnn2c(N(C)C(=O)OC(C)(C)C)cc(Cl)nc12. The van der Waals surface area contributed by atoms with E-state index in [-0.39, 0.29) is 34.4 Å². The highest BCUT2D eigenvalue weighted by Crippen LogP contribution is 2.26. The van der Waals surface area contributed by atoms with Gasteiger partial charge in [-0.25, -0.2) is 9.78 Å². The normalized spacial score (nSPS) is 19.0. The maximum Gasteiger partial charge on any atom is 0.415 e. The summed E-state index contributed by atoms with van der Waals surface area (Å²) in [4.78, 5) is 30.4. The molecule has 1 aliphatic carbocycles. The molecule has 2 heterocycles. The Morgan fingerprint density at radius 3 is 2.70 bits per heavy atom. The number of methoxy groups -OCH3 is 1.